The molecule has 2 heterocycles. The topological polar surface area (TPSA) is 49.1 Å². The summed E-state index contributed by atoms with van der Waals surface area (Å²) >= 11 is 1.28. The molecule has 17 heavy (non-hydrogen) atoms. The lowest BCUT2D eigenvalue weighted by atomic mass is 10.2. The second-order valence-electron chi connectivity index (χ2n) is 3.96. The quantitative estimate of drug-likeness (QED) is 0.837. The van der Waals surface area contributed by atoms with E-state index in [9.17, 15) is 4.79 Å². The molecule has 2 aromatic rings. The molecule has 0 atom stereocenters. The van der Waals surface area contributed by atoms with E-state index in [-0.39, 0.29) is 5.91 Å². The van der Waals surface area contributed by atoms with E-state index in [2.05, 4.69) is 0 Å². The molecular formula is C12H11N3OS. The lowest BCUT2D eigenvalue weighted by molar-refractivity contribution is -0.115. The molecule has 0 aliphatic carbocycles. The predicted molar refractivity (Wildman–Crippen MR) is 70.6 cm³/mol. The molecule has 3 rings (SSSR count). The number of aryl methyl sites for hydroxylation is 1. The van der Waals surface area contributed by atoms with Gasteiger partial charge < -0.3 is 4.57 Å². The van der Waals surface area contributed by atoms with Crippen LogP contribution < -0.4 is 4.90 Å². The van der Waals surface area contributed by atoms with Crippen LogP contribution in [0.3, 0.4) is 0 Å². The van der Waals surface area contributed by atoms with Crippen molar-refractivity contribution >= 4 is 39.4 Å². The van der Waals surface area contributed by atoms with Crippen LogP contribution in [0.2, 0.25) is 0 Å². The number of benzene rings is 1. The number of nitrogens with one attached hydrogen (secondary N) is 1. The Hall–Kier alpha value is -1.75. The molecule has 1 saturated heterocycles. The van der Waals surface area contributed by atoms with Crippen molar-refractivity contribution in [2.24, 2.45) is 7.05 Å². The molecule has 1 aromatic heterocycles. The fourth-order valence-corrected chi connectivity index (χ4v) is 2.82. The number of anilines is 1. The maximum absolute atomic E-state index is 11.8. The van der Waals surface area contributed by atoms with Gasteiger partial charge in [0.15, 0.2) is 5.17 Å². The summed E-state index contributed by atoms with van der Waals surface area (Å²) in [4.78, 5) is 13.3. The SMILES string of the molecule is Cn1ccc2c(N3C(=N)SCC3=O)cccc21. The summed E-state index contributed by atoms with van der Waals surface area (Å²) in [5, 5.41) is 9.14. The first-order chi connectivity index (χ1) is 8.18. The van der Waals surface area contributed by atoms with Gasteiger partial charge in [-0.2, -0.15) is 0 Å². The van der Waals surface area contributed by atoms with E-state index in [4.69, 9.17) is 5.41 Å². The number of hydrogen-bond acceptors (Lipinski definition) is 3. The van der Waals surface area contributed by atoms with Gasteiger partial charge >= 0.3 is 0 Å². The summed E-state index contributed by atoms with van der Waals surface area (Å²) in [7, 11) is 1.97. The molecule has 0 spiro atoms. The fraction of sp³-hybridized carbons (Fsp3) is 0.167. The van der Waals surface area contributed by atoms with Gasteiger partial charge in [0.05, 0.1) is 11.4 Å². The van der Waals surface area contributed by atoms with Crippen LogP contribution in [0.1, 0.15) is 0 Å². The molecule has 4 nitrogen and oxygen atoms in total. The zero-order valence-corrected chi connectivity index (χ0v) is 10.1. The Morgan fingerprint density at radius 2 is 2.18 bits per heavy atom. The number of amidine groups is 1. The molecule has 0 radical (unpaired) electrons. The first-order valence-electron chi connectivity index (χ1n) is 5.27. The molecule has 1 N–H and O–H groups in total. The van der Waals surface area contributed by atoms with Crippen LogP contribution in [0.5, 0.6) is 0 Å². The molecule has 0 bridgehead atoms. The van der Waals surface area contributed by atoms with Gasteiger partial charge in [-0.1, -0.05) is 17.8 Å². The summed E-state index contributed by atoms with van der Waals surface area (Å²) in [5.74, 6) is 0.346. The number of nitrogens with zero attached hydrogens (tertiary/aromatic N) is 2. The van der Waals surface area contributed by atoms with E-state index < -0.39 is 0 Å². The van der Waals surface area contributed by atoms with E-state index >= 15 is 0 Å². The lowest BCUT2D eigenvalue weighted by Crippen LogP contribution is -2.28. The monoisotopic (exact) mass is 245 g/mol. The second kappa shape index (κ2) is 3.63. The Labute approximate surface area is 103 Å². The Bertz CT molecular complexity index is 616. The van der Waals surface area contributed by atoms with E-state index in [1.54, 1.807) is 0 Å². The maximum Gasteiger partial charge on any atom is 0.243 e. The third-order valence-corrected chi connectivity index (χ3v) is 3.78. The highest BCUT2D eigenvalue weighted by molar-refractivity contribution is 8.15. The van der Waals surface area contributed by atoms with Gasteiger partial charge in [-0.15, -0.1) is 0 Å². The third kappa shape index (κ3) is 1.46. The van der Waals surface area contributed by atoms with Gasteiger partial charge in [0.25, 0.3) is 0 Å². The van der Waals surface area contributed by atoms with Gasteiger partial charge in [-0.05, 0) is 18.2 Å². The summed E-state index contributed by atoms with van der Waals surface area (Å²) < 4.78 is 2.01. The minimum absolute atomic E-state index is 0.0173. The zero-order valence-electron chi connectivity index (χ0n) is 9.30. The third-order valence-electron chi connectivity index (χ3n) is 2.93. The molecule has 0 saturated carbocycles. The van der Waals surface area contributed by atoms with Crippen LogP contribution in [0.15, 0.2) is 30.5 Å². The van der Waals surface area contributed by atoms with Gasteiger partial charge in [-0.25, -0.2) is 0 Å². The van der Waals surface area contributed by atoms with Crippen LogP contribution in [-0.2, 0) is 11.8 Å². The van der Waals surface area contributed by atoms with E-state index in [1.165, 1.54) is 16.7 Å². The highest BCUT2D eigenvalue weighted by Crippen LogP contribution is 2.32. The van der Waals surface area contributed by atoms with Crippen molar-refractivity contribution < 1.29 is 4.79 Å². The number of aromatic nitrogens is 1. The van der Waals surface area contributed by atoms with Crippen molar-refractivity contribution in [2.45, 2.75) is 0 Å². The highest BCUT2D eigenvalue weighted by Gasteiger charge is 2.29. The predicted octanol–water partition coefficient (Wildman–Crippen LogP) is 2.19. The van der Waals surface area contributed by atoms with Crippen molar-refractivity contribution in [1.82, 2.24) is 4.57 Å². The molecule has 0 unspecified atom stereocenters. The number of carbonyl (C=O) groups is 1. The largest absolute Gasteiger partial charge is 0.350 e. The molecule has 1 aliphatic heterocycles. The Balaban J connectivity index is 2.23. The lowest BCUT2D eigenvalue weighted by Gasteiger charge is -2.16. The van der Waals surface area contributed by atoms with Crippen LogP contribution in [-0.4, -0.2) is 21.4 Å². The Morgan fingerprint density at radius 1 is 1.35 bits per heavy atom. The van der Waals surface area contributed by atoms with Crippen LogP contribution in [0.4, 0.5) is 5.69 Å². The summed E-state index contributed by atoms with van der Waals surface area (Å²) in [6.07, 6.45) is 1.96. The van der Waals surface area contributed by atoms with Crippen molar-refractivity contribution in [3.63, 3.8) is 0 Å². The number of thioether (sulfide) groups is 1. The summed E-state index contributed by atoms with van der Waals surface area (Å²) in [6, 6.07) is 7.80. The van der Waals surface area contributed by atoms with E-state index in [0.29, 0.717) is 10.9 Å². The molecule has 1 aliphatic rings. The molecule has 5 heteroatoms. The van der Waals surface area contributed by atoms with E-state index in [1.807, 2.05) is 42.1 Å². The average molecular weight is 245 g/mol. The van der Waals surface area contributed by atoms with Crippen LogP contribution in [0, 0.1) is 5.41 Å². The normalized spacial score (nSPS) is 16.2. The molecule has 1 amide bonds. The first kappa shape index (κ1) is 10.4. The number of rotatable bonds is 1. The molecule has 1 aromatic carbocycles. The van der Waals surface area contributed by atoms with Gasteiger partial charge in [0.2, 0.25) is 5.91 Å². The minimum atomic E-state index is -0.0173. The van der Waals surface area contributed by atoms with Crippen molar-refractivity contribution in [3.8, 4) is 0 Å². The summed E-state index contributed by atoms with van der Waals surface area (Å²) in [5.41, 5.74) is 1.88. The molecule has 1 fully saturated rings. The number of hydrogen-bond donors (Lipinski definition) is 1. The smallest absolute Gasteiger partial charge is 0.243 e. The Kier molecular flexibility index (Phi) is 2.22. The van der Waals surface area contributed by atoms with Crippen LogP contribution >= 0.6 is 11.8 Å². The minimum Gasteiger partial charge on any atom is -0.350 e. The van der Waals surface area contributed by atoms with Crippen LogP contribution in [0.25, 0.3) is 10.9 Å². The molecule has 86 valence electrons. The number of amides is 1. The van der Waals surface area contributed by atoms with E-state index in [0.717, 1.165) is 16.6 Å². The number of carbonyl (C=O) groups excluding carboxylic acids is 1. The maximum atomic E-state index is 11.8. The highest BCUT2D eigenvalue weighted by atomic mass is 32.2. The fourth-order valence-electron chi connectivity index (χ4n) is 2.10. The van der Waals surface area contributed by atoms with Crippen molar-refractivity contribution in [3.05, 3.63) is 30.5 Å². The average Bonchev–Trinajstić information content (AvgIpc) is 2.84. The Morgan fingerprint density at radius 3 is 2.88 bits per heavy atom. The molecular weight excluding hydrogens is 234 g/mol. The van der Waals surface area contributed by atoms with Gasteiger partial charge in [-0.3, -0.25) is 15.1 Å². The standard InChI is InChI=1S/C12H11N3OS/c1-14-6-5-8-9(14)3-2-4-10(8)15-11(16)7-17-12(15)13/h2-6,13H,7H2,1H3. The van der Waals surface area contributed by atoms with Gasteiger partial charge in [0.1, 0.15) is 0 Å². The number of fused-ring (bicyclic) bond motifs is 1. The first-order valence-corrected chi connectivity index (χ1v) is 6.25. The summed E-state index contributed by atoms with van der Waals surface area (Å²) in [6.45, 7) is 0. The zero-order chi connectivity index (χ0) is 12.0. The van der Waals surface area contributed by atoms with Crippen molar-refractivity contribution in [2.75, 3.05) is 10.7 Å². The van der Waals surface area contributed by atoms with Gasteiger partial charge in [0, 0.05) is 24.1 Å². The second-order valence-corrected chi connectivity index (χ2v) is 4.92. The van der Waals surface area contributed by atoms with Crippen molar-refractivity contribution in [1.29, 1.82) is 5.41 Å².